The number of ether oxygens (including phenoxy) is 1. The van der Waals surface area contributed by atoms with Crippen LogP contribution in [0.15, 0.2) is 84.1 Å². The number of hydrogen-bond donors (Lipinski definition) is 0. The van der Waals surface area contributed by atoms with Gasteiger partial charge in [0, 0.05) is 21.6 Å². The Morgan fingerprint density at radius 1 is 0.833 bits per heavy atom. The first-order valence-electron chi connectivity index (χ1n) is 9.47. The molecule has 6 nitrogen and oxygen atoms in total. The second-order valence-electron chi connectivity index (χ2n) is 7.23. The summed E-state index contributed by atoms with van der Waals surface area (Å²) in [4.78, 5) is 37.1. The van der Waals surface area contributed by atoms with Gasteiger partial charge in [0.15, 0.2) is 11.5 Å². The zero-order valence-corrected chi connectivity index (χ0v) is 15.7. The molecule has 0 unspecified atom stereocenters. The summed E-state index contributed by atoms with van der Waals surface area (Å²) in [6, 6.07) is 19.8. The number of benzene rings is 3. The normalized spacial score (nSPS) is 17.9. The van der Waals surface area contributed by atoms with Gasteiger partial charge in [0.2, 0.25) is 12.3 Å². The Balaban J connectivity index is 1.68. The molecule has 0 bridgehead atoms. The largest absolute Gasteiger partial charge is 0.452 e. The highest BCUT2D eigenvalue weighted by atomic mass is 16.6. The van der Waals surface area contributed by atoms with Crippen LogP contribution < -0.4 is 0 Å². The summed E-state index contributed by atoms with van der Waals surface area (Å²) in [5.41, 5.74) is 1.27. The number of allylic oxidation sites excluding steroid dienone is 1. The lowest BCUT2D eigenvalue weighted by Gasteiger charge is -2.28. The number of carbonyl (C=O) groups is 2. The van der Waals surface area contributed by atoms with Crippen LogP contribution in [0.25, 0.3) is 16.5 Å². The number of nitrogens with zero attached hydrogens (tertiary/aromatic N) is 1. The van der Waals surface area contributed by atoms with E-state index < -0.39 is 29.0 Å². The summed E-state index contributed by atoms with van der Waals surface area (Å²) < 4.78 is 5.98. The Bertz CT molecular complexity index is 1310. The van der Waals surface area contributed by atoms with Gasteiger partial charge in [0.05, 0.1) is 11.5 Å². The van der Waals surface area contributed by atoms with Crippen LogP contribution in [0.3, 0.4) is 0 Å². The van der Waals surface area contributed by atoms with Gasteiger partial charge in [0.1, 0.15) is 5.76 Å². The van der Waals surface area contributed by atoms with Gasteiger partial charge in [-0.1, -0.05) is 66.7 Å². The molecule has 30 heavy (non-hydrogen) atoms. The zero-order chi connectivity index (χ0) is 20.8. The van der Waals surface area contributed by atoms with Crippen molar-refractivity contribution in [1.29, 1.82) is 0 Å². The van der Waals surface area contributed by atoms with E-state index in [-0.39, 0.29) is 22.5 Å². The smallest absolute Gasteiger partial charge is 0.229 e. The highest BCUT2D eigenvalue weighted by Crippen LogP contribution is 2.40. The highest BCUT2D eigenvalue weighted by Gasteiger charge is 2.41. The Labute approximate surface area is 171 Å². The van der Waals surface area contributed by atoms with Crippen LogP contribution in [0, 0.1) is 16.0 Å². The molecular weight excluding hydrogens is 382 g/mol. The SMILES string of the molecule is O=C1C2=C(C(=O)c3ccccc31)[C@H](C[N+](=O)[O-])C=C(c1cccc3ccccc13)O2. The Morgan fingerprint density at radius 3 is 2.23 bits per heavy atom. The molecule has 0 N–H and O–H groups in total. The van der Waals surface area contributed by atoms with Gasteiger partial charge >= 0.3 is 0 Å². The van der Waals surface area contributed by atoms with Crippen molar-refractivity contribution in [2.75, 3.05) is 6.54 Å². The van der Waals surface area contributed by atoms with Crippen LogP contribution >= 0.6 is 0 Å². The third-order valence-electron chi connectivity index (χ3n) is 5.45. The molecule has 6 heteroatoms. The quantitative estimate of drug-likeness (QED) is 0.482. The van der Waals surface area contributed by atoms with Gasteiger partial charge in [-0.3, -0.25) is 19.7 Å². The Hall–Kier alpha value is -4.06. The fraction of sp³-hybridized carbons (Fsp3) is 0.0833. The maximum Gasteiger partial charge on any atom is 0.229 e. The molecule has 0 radical (unpaired) electrons. The van der Waals surface area contributed by atoms with E-state index in [4.69, 9.17) is 4.74 Å². The van der Waals surface area contributed by atoms with Crippen LogP contribution in [0.2, 0.25) is 0 Å². The standard InChI is InChI=1S/C24H15NO5/c26-22-18-9-3-4-10-19(18)23(27)24-21(22)15(13-25(28)29)12-20(30-24)17-11-5-7-14-6-1-2-8-16(14)17/h1-12,15H,13H2/t15-/m0/s1. The van der Waals surface area contributed by atoms with E-state index in [2.05, 4.69) is 0 Å². The van der Waals surface area contributed by atoms with Gasteiger partial charge in [0.25, 0.3) is 0 Å². The lowest BCUT2D eigenvalue weighted by Crippen LogP contribution is -2.32. The van der Waals surface area contributed by atoms with Crippen molar-refractivity contribution >= 4 is 28.1 Å². The van der Waals surface area contributed by atoms with Crippen LogP contribution in [0.4, 0.5) is 0 Å². The average molecular weight is 397 g/mol. The highest BCUT2D eigenvalue weighted by molar-refractivity contribution is 6.27. The summed E-state index contributed by atoms with van der Waals surface area (Å²) in [7, 11) is 0. The van der Waals surface area contributed by atoms with Gasteiger partial charge in [-0.2, -0.15) is 0 Å². The first-order chi connectivity index (χ1) is 14.5. The molecule has 0 saturated heterocycles. The second kappa shape index (κ2) is 6.77. The lowest BCUT2D eigenvalue weighted by atomic mass is 9.80. The molecular formula is C24H15NO5. The van der Waals surface area contributed by atoms with E-state index >= 15 is 0 Å². The van der Waals surface area contributed by atoms with E-state index in [1.54, 1.807) is 30.3 Å². The molecule has 1 aliphatic carbocycles. The minimum absolute atomic E-state index is 0.0550. The molecule has 146 valence electrons. The first kappa shape index (κ1) is 18.0. The van der Waals surface area contributed by atoms with E-state index in [1.807, 2.05) is 42.5 Å². The molecule has 1 heterocycles. The van der Waals surface area contributed by atoms with E-state index in [9.17, 15) is 19.7 Å². The summed E-state index contributed by atoms with van der Waals surface area (Å²) in [5.74, 6) is -1.46. The van der Waals surface area contributed by atoms with Crippen molar-refractivity contribution in [3.05, 3.63) is 111 Å². The molecule has 2 aliphatic rings. The maximum atomic E-state index is 13.1. The molecule has 1 atom stereocenters. The van der Waals surface area contributed by atoms with Crippen molar-refractivity contribution in [3.8, 4) is 0 Å². The molecule has 3 aromatic carbocycles. The Morgan fingerprint density at radius 2 is 1.47 bits per heavy atom. The Kier molecular flexibility index (Phi) is 4.06. The minimum Gasteiger partial charge on any atom is -0.452 e. The van der Waals surface area contributed by atoms with Crippen LogP contribution in [-0.4, -0.2) is 23.0 Å². The minimum atomic E-state index is -0.859. The maximum absolute atomic E-state index is 13.1. The summed E-state index contributed by atoms with van der Waals surface area (Å²) in [6.07, 6.45) is 1.59. The van der Waals surface area contributed by atoms with Crippen LogP contribution in [0.1, 0.15) is 26.3 Å². The van der Waals surface area contributed by atoms with Crippen molar-refractivity contribution in [2.24, 2.45) is 5.92 Å². The third-order valence-corrected chi connectivity index (χ3v) is 5.45. The summed E-state index contributed by atoms with van der Waals surface area (Å²) in [5, 5.41) is 13.2. The monoisotopic (exact) mass is 397 g/mol. The lowest BCUT2D eigenvalue weighted by molar-refractivity contribution is -0.484. The van der Waals surface area contributed by atoms with Crippen molar-refractivity contribution in [2.45, 2.75) is 0 Å². The van der Waals surface area contributed by atoms with Crippen molar-refractivity contribution in [3.63, 3.8) is 0 Å². The molecule has 5 rings (SSSR count). The number of fused-ring (bicyclic) bond motifs is 2. The van der Waals surface area contributed by atoms with Gasteiger partial charge in [-0.15, -0.1) is 0 Å². The summed E-state index contributed by atoms with van der Waals surface area (Å²) >= 11 is 0. The number of carbonyl (C=O) groups excluding carboxylic acids is 2. The zero-order valence-electron chi connectivity index (χ0n) is 15.7. The third kappa shape index (κ3) is 2.73. The predicted octanol–water partition coefficient (Wildman–Crippen LogP) is 4.44. The van der Waals surface area contributed by atoms with Crippen LogP contribution in [0.5, 0.6) is 0 Å². The molecule has 0 fully saturated rings. The molecule has 1 aliphatic heterocycles. The number of rotatable bonds is 3. The topological polar surface area (TPSA) is 86.5 Å². The number of Topliss-reactive ketones (excluding diaryl/α,β-unsaturated/α-hetero) is 2. The van der Waals surface area contributed by atoms with Gasteiger partial charge < -0.3 is 4.74 Å². The molecule has 0 amide bonds. The van der Waals surface area contributed by atoms with Gasteiger partial charge in [-0.25, -0.2) is 0 Å². The average Bonchev–Trinajstić information content (AvgIpc) is 2.76. The fourth-order valence-corrected chi connectivity index (χ4v) is 4.11. The van der Waals surface area contributed by atoms with Crippen LogP contribution in [-0.2, 0) is 4.74 Å². The first-order valence-corrected chi connectivity index (χ1v) is 9.47. The van der Waals surface area contributed by atoms with E-state index in [1.165, 1.54) is 0 Å². The molecule has 0 spiro atoms. The molecule has 0 aromatic heterocycles. The number of ketones is 2. The fourth-order valence-electron chi connectivity index (χ4n) is 4.11. The molecule has 3 aromatic rings. The van der Waals surface area contributed by atoms with Crippen molar-refractivity contribution in [1.82, 2.24) is 0 Å². The number of hydrogen-bond acceptors (Lipinski definition) is 5. The predicted molar refractivity (Wildman–Crippen MR) is 110 cm³/mol. The van der Waals surface area contributed by atoms with Crippen molar-refractivity contribution < 1.29 is 19.2 Å². The molecule has 0 saturated carbocycles. The summed E-state index contributed by atoms with van der Waals surface area (Å²) in [6.45, 7) is -0.502. The number of nitro groups is 1. The van der Waals surface area contributed by atoms with E-state index in [0.29, 0.717) is 11.3 Å². The van der Waals surface area contributed by atoms with Gasteiger partial charge in [-0.05, 0) is 16.8 Å². The second-order valence-corrected chi connectivity index (χ2v) is 7.23. The van der Waals surface area contributed by atoms with E-state index in [0.717, 1.165) is 10.8 Å².